The number of carbonyl (C=O) groups is 3. The lowest BCUT2D eigenvalue weighted by Crippen LogP contribution is -2.55. The second-order valence-electron chi connectivity index (χ2n) is 16.6. The van der Waals surface area contributed by atoms with Gasteiger partial charge in [-0.2, -0.15) is 0 Å². The third-order valence-electron chi connectivity index (χ3n) is 12.9. The number of fused-ring (bicyclic) bond motifs is 5. The molecule has 308 valence electrons. The van der Waals surface area contributed by atoms with Gasteiger partial charge >= 0.3 is 5.97 Å². The number of allylic oxidation sites excluding steroid dienone is 4. The van der Waals surface area contributed by atoms with Crippen LogP contribution in [0, 0.1) is 24.7 Å². The lowest BCUT2D eigenvalue weighted by molar-refractivity contribution is -0.148. The minimum absolute atomic E-state index is 0.111. The Balaban J connectivity index is 1.56. The van der Waals surface area contributed by atoms with Crippen molar-refractivity contribution in [2.45, 2.75) is 145 Å². The van der Waals surface area contributed by atoms with Gasteiger partial charge in [0, 0.05) is 59.1 Å². The van der Waals surface area contributed by atoms with Crippen LogP contribution in [-0.4, -0.2) is 65.4 Å². The van der Waals surface area contributed by atoms with E-state index >= 15 is 0 Å². The molecule has 0 aliphatic carbocycles. The maximum absolute atomic E-state index is 14.8. The van der Waals surface area contributed by atoms with Crippen molar-refractivity contribution in [1.82, 2.24) is 15.2 Å². The molecule has 0 saturated carbocycles. The van der Waals surface area contributed by atoms with Crippen molar-refractivity contribution < 1.29 is 23.9 Å². The molecule has 3 unspecified atom stereocenters. The number of aliphatic imine (C=N–C) groups is 2. The number of amides is 2. The molecule has 1 aromatic heterocycles. The maximum Gasteiger partial charge on any atom is 0.305 e. The second-order valence-corrected chi connectivity index (χ2v) is 16.6. The Morgan fingerprint density at radius 1 is 0.930 bits per heavy atom. The Labute approximate surface area is 339 Å². The number of unbranched alkanes of at least 4 members (excludes halogenated alkanes) is 7. The number of esters is 1. The van der Waals surface area contributed by atoms with E-state index in [1.54, 1.807) is 0 Å². The highest BCUT2D eigenvalue weighted by Gasteiger charge is 2.52. The van der Waals surface area contributed by atoms with Crippen LogP contribution in [0.1, 0.15) is 143 Å². The van der Waals surface area contributed by atoms with Gasteiger partial charge in [-0.15, -0.1) is 0 Å². The summed E-state index contributed by atoms with van der Waals surface area (Å²) in [5.41, 5.74) is 9.92. The average molecular weight is 780 g/mol. The predicted molar refractivity (Wildman–Crippen MR) is 228 cm³/mol. The van der Waals surface area contributed by atoms with Gasteiger partial charge < -0.3 is 19.8 Å². The Morgan fingerprint density at radius 2 is 1.65 bits per heavy atom. The number of carbonyl (C=O) groups excluding carboxylic acids is 3. The highest BCUT2D eigenvalue weighted by molar-refractivity contribution is 6.23. The van der Waals surface area contributed by atoms with Crippen molar-refractivity contribution in [3.63, 3.8) is 0 Å². The summed E-state index contributed by atoms with van der Waals surface area (Å²) >= 11 is 0. The molecule has 0 spiro atoms. The molecule has 1 aromatic rings. The monoisotopic (exact) mass is 779 g/mol. The minimum Gasteiger partial charge on any atom is -0.469 e. The lowest BCUT2D eigenvalue weighted by atomic mass is 9.79. The van der Waals surface area contributed by atoms with Crippen LogP contribution in [0.3, 0.4) is 0 Å². The van der Waals surface area contributed by atoms with Crippen molar-refractivity contribution in [1.29, 1.82) is 0 Å². The summed E-state index contributed by atoms with van der Waals surface area (Å²) in [6.07, 6.45) is 17.3. The van der Waals surface area contributed by atoms with E-state index in [-0.39, 0.29) is 42.1 Å². The zero-order valence-corrected chi connectivity index (χ0v) is 35.9. The fraction of sp³-hybridized carbons (Fsp3) is 0.596. The average Bonchev–Trinajstić information content (AvgIpc) is 3.87. The molecule has 6 heterocycles. The van der Waals surface area contributed by atoms with Crippen LogP contribution < -0.4 is 16.0 Å². The van der Waals surface area contributed by atoms with Crippen LogP contribution in [0.25, 0.3) is 12.2 Å². The van der Waals surface area contributed by atoms with Crippen LogP contribution in [0.5, 0.6) is 0 Å². The molecule has 10 nitrogen and oxygen atoms in total. The smallest absolute Gasteiger partial charge is 0.305 e. The standard InChI is InChI=1S/C47H65N5O5/c1-10-13-15-17-19-23-57-31(8)41-29(6)36-24-35-28(5)33(20-21-40(53)56-9)44(50-35)43-45-42(46(54)52(47(43)55)22-18-16-14-11-2)30(7)37(51-45)25-38-32(12-3)27(4)34(48-38)26-39(41)49-36/h24-26,28,31,33,42,45,49,51H,10-23H2,1-9H3/b36-24-,38-25-,39-26-,44-43+/t28-,31?,33-,42?,45?/m0/s1. The normalized spacial score (nSPS) is 26.8. The summed E-state index contributed by atoms with van der Waals surface area (Å²) in [4.78, 5) is 57.7. The van der Waals surface area contributed by atoms with Crippen LogP contribution in [0.2, 0.25) is 0 Å². The number of aromatic amines is 1. The molecule has 1 saturated heterocycles. The molecule has 1 fully saturated rings. The van der Waals surface area contributed by atoms with Crippen LogP contribution in [0.15, 0.2) is 55.4 Å². The molecular formula is C47H65N5O5. The largest absolute Gasteiger partial charge is 0.469 e. The van der Waals surface area contributed by atoms with Gasteiger partial charge in [-0.05, 0) is 93.9 Å². The number of nitrogens with zero attached hydrogens (tertiary/aromatic N) is 3. The highest BCUT2D eigenvalue weighted by atomic mass is 16.5. The molecule has 8 bridgehead atoms. The van der Waals surface area contributed by atoms with E-state index in [1.165, 1.54) is 31.3 Å². The van der Waals surface area contributed by atoms with E-state index in [2.05, 4.69) is 77.0 Å². The molecule has 2 amide bonds. The first kappa shape index (κ1) is 42.3. The van der Waals surface area contributed by atoms with Crippen LogP contribution in [-0.2, 0) is 23.9 Å². The third kappa shape index (κ3) is 8.48. The SMILES string of the molecule is CCCCCCCOC(C)c1c(C)/c2[nH]/c1=C\C1=NC(=C\C3=C(C)C4C(=O)N(CCCCCC)C(=O)/C(=C5N=C(\C=2)[C@@H](C)[C@@H]/5CCC(=O)OC)C4N3)/C(CC)=C1C. The summed E-state index contributed by atoms with van der Waals surface area (Å²) in [6.45, 7) is 18.1. The summed E-state index contributed by atoms with van der Waals surface area (Å²) in [6, 6.07) is -0.584. The number of likely N-dealkylation sites (tertiary alicyclic amines) is 1. The van der Waals surface area contributed by atoms with Gasteiger partial charge in [0.1, 0.15) is 0 Å². The number of H-pyrrole nitrogens is 1. The van der Waals surface area contributed by atoms with E-state index in [4.69, 9.17) is 19.5 Å². The predicted octanol–water partition coefficient (Wildman–Crippen LogP) is 7.74. The number of methoxy groups -OCH3 is 1. The van der Waals surface area contributed by atoms with Gasteiger partial charge in [-0.3, -0.25) is 24.3 Å². The number of aromatic nitrogens is 1. The van der Waals surface area contributed by atoms with E-state index in [0.29, 0.717) is 30.8 Å². The summed E-state index contributed by atoms with van der Waals surface area (Å²) in [7, 11) is 1.40. The number of hydrogen-bond donors (Lipinski definition) is 2. The molecular weight excluding hydrogens is 715 g/mol. The van der Waals surface area contributed by atoms with Gasteiger partial charge in [0.2, 0.25) is 5.91 Å². The highest BCUT2D eigenvalue weighted by Crippen LogP contribution is 2.44. The Bertz CT molecular complexity index is 2080. The zero-order chi connectivity index (χ0) is 41.0. The summed E-state index contributed by atoms with van der Waals surface area (Å²) in [5.74, 6) is -1.66. The number of imide groups is 1. The molecule has 5 aliphatic heterocycles. The number of ether oxygens (including phenoxy) is 2. The third-order valence-corrected chi connectivity index (χ3v) is 12.9. The lowest BCUT2D eigenvalue weighted by Gasteiger charge is -2.37. The second kappa shape index (κ2) is 18.5. The Hall–Kier alpha value is -4.31. The molecule has 57 heavy (non-hydrogen) atoms. The van der Waals surface area contributed by atoms with Crippen molar-refractivity contribution in [2.75, 3.05) is 20.3 Å². The van der Waals surface area contributed by atoms with E-state index < -0.39 is 12.0 Å². The molecule has 6 rings (SSSR count). The van der Waals surface area contributed by atoms with Gasteiger partial charge in [0.25, 0.3) is 5.91 Å². The van der Waals surface area contributed by atoms with E-state index in [1.807, 2.05) is 6.92 Å². The Kier molecular flexibility index (Phi) is 13.7. The van der Waals surface area contributed by atoms with Gasteiger partial charge in [-0.1, -0.05) is 72.6 Å². The minimum atomic E-state index is -0.584. The Morgan fingerprint density at radius 3 is 2.35 bits per heavy atom. The molecule has 10 heteroatoms. The quantitative estimate of drug-likeness (QED) is 0.0948. The van der Waals surface area contributed by atoms with Crippen molar-refractivity contribution >= 4 is 41.4 Å². The van der Waals surface area contributed by atoms with Crippen molar-refractivity contribution in [2.24, 2.45) is 27.7 Å². The van der Waals surface area contributed by atoms with Crippen LogP contribution >= 0.6 is 0 Å². The molecule has 5 atom stereocenters. The first-order valence-electron chi connectivity index (χ1n) is 21.7. The maximum atomic E-state index is 14.8. The number of hydrogen-bond acceptors (Lipinski definition) is 8. The first-order chi connectivity index (χ1) is 27.4. The molecule has 0 aromatic carbocycles. The van der Waals surface area contributed by atoms with Crippen LogP contribution in [0.4, 0.5) is 0 Å². The zero-order valence-electron chi connectivity index (χ0n) is 35.9. The fourth-order valence-corrected chi connectivity index (χ4v) is 9.42. The summed E-state index contributed by atoms with van der Waals surface area (Å²) in [5, 5.41) is 5.55. The molecule has 2 N–H and O–H groups in total. The van der Waals surface area contributed by atoms with Gasteiger partial charge in [0.05, 0.1) is 47.9 Å². The van der Waals surface area contributed by atoms with Gasteiger partial charge in [0.15, 0.2) is 0 Å². The van der Waals surface area contributed by atoms with Gasteiger partial charge in [-0.25, -0.2) is 4.99 Å². The number of piperidine rings is 1. The van der Waals surface area contributed by atoms with E-state index in [9.17, 15) is 14.4 Å². The first-order valence-corrected chi connectivity index (χ1v) is 21.7. The van der Waals surface area contributed by atoms with E-state index in [0.717, 1.165) is 106 Å². The number of nitrogens with one attached hydrogen (secondary N) is 2. The number of rotatable bonds is 17. The van der Waals surface area contributed by atoms with Crippen molar-refractivity contribution in [3.8, 4) is 0 Å². The van der Waals surface area contributed by atoms with Crippen molar-refractivity contribution in [3.05, 3.63) is 67.3 Å². The molecule has 0 radical (unpaired) electrons. The topological polar surface area (TPSA) is 125 Å². The summed E-state index contributed by atoms with van der Waals surface area (Å²) < 4.78 is 11.6. The fourth-order valence-electron chi connectivity index (χ4n) is 9.42. The molecule has 5 aliphatic rings.